The Bertz CT molecular complexity index is 3170. The van der Waals surface area contributed by atoms with Crippen LogP contribution in [0.2, 0.25) is 0 Å². The van der Waals surface area contributed by atoms with Gasteiger partial charge in [0, 0.05) is 21.9 Å². The maximum atomic E-state index is 6.58. The predicted octanol–water partition coefficient (Wildman–Crippen LogP) is 12.9. The van der Waals surface area contributed by atoms with Gasteiger partial charge in [-0.1, -0.05) is 158 Å². The van der Waals surface area contributed by atoms with Gasteiger partial charge in [0.15, 0.2) is 5.84 Å². The minimum atomic E-state index is -0.358. The van der Waals surface area contributed by atoms with Crippen molar-refractivity contribution in [2.75, 3.05) is 0 Å². The largest absolute Gasteiger partial charge is 0.456 e. The summed E-state index contributed by atoms with van der Waals surface area (Å²) in [5, 5.41) is 13.0. The molecular weight excluding hydrogens is 671 g/mol. The van der Waals surface area contributed by atoms with Crippen molar-refractivity contribution in [2.24, 2.45) is 9.98 Å². The number of nitrogens with one attached hydrogen (secondary N) is 1. The van der Waals surface area contributed by atoms with E-state index in [1.807, 2.05) is 18.2 Å². The van der Waals surface area contributed by atoms with Crippen LogP contribution in [0.1, 0.15) is 22.9 Å². The second-order valence-electron chi connectivity index (χ2n) is 14.2. The summed E-state index contributed by atoms with van der Waals surface area (Å²) >= 11 is 0. The number of hydrogen-bond donors (Lipinski definition) is 1. The summed E-state index contributed by atoms with van der Waals surface area (Å²) in [6.45, 7) is 0. The number of furan rings is 1. The van der Waals surface area contributed by atoms with Crippen LogP contribution >= 0.6 is 0 Å². The van der Waals surface area contributed by atoms with Crippen molar-refractivity contribution in [3.63, 3.8) is 0 Å². The molecule has 55 heavy (non-hydrogen) atoms. The molecule has 0 bridgehead atoms. The van der Waals surface area contributed by atoms with Gasteiger partial charge in [-0.25, -0.2) is 9.98 Å². The van der Waals surface area contributed by atoms with E-state index in [9.17, 15) is 0 Å². The van der Waals surface area contributed by atoms with Crippen molar-refractivity contribution < 1.29 is 4.42 Å². The highest BCUT2D eigenvalue weighted by Crippen LogP contribution is 2.36. The van der Waals surface area contributed by atoms with Crippen molar-refractivity contribution in [2.45, 2.75) is 6.17 Å². The molecule has 4 heteroatoms. The summed E-state index contributed by atoms with van der Waals surface area (Å²) in [6.07, 6.45) is -0.358. The molecule has 0 saturated heterocycles. The van der Waals surface area contributed by atoms with Crippen LogP contribution in [0.5, 0.6) is 0 Å². The fraction of sp³-hybridized carbons (Fsp3) is 0.0196. The molecule has 0 fully saturated rings. The third-order valence-corrected chi connectivity index (χ3v) is 10.9. The maximum absolute atomic E-state index is 6.58. The molecule has 11 rings (SSSR count). The first-order valence-electron chi connectivity index (χ1n) is 18.7. The Labute approximate surface area is 317 Å². The van der Waals surface area contributed by atoms with Gasteiger partial charge in [-0.2, -0.15) is 0 Å². The lowest BCUT2D eigenvalue weighted by Gasteiger charge is -2.24. The molecule has 4 nitrogen and oxygen atoms in total. The Balaban J connectivity index is 1.02. The highest BCUT2D eigenvalue weighted by Gasteiger charge is 2.24. The number of hydrogen-bond acceptors (Lipinski definition) is 4. The molecule has 1 aromatic heterocycles. The molecule has 10 aromatic rings. The number of fused-ring (bicyclic) bond motifs is 7. The van der Waals surface area contributed by atoms with E-state index in [-0.39, 0.29) is 6.17 Å². The van der Waals surface area contributed by atoms with Crippen LogP contribution in [0.15, 0.2) is 202 Å². The summed E-state index contributed by atoms with van der Waals surface area (Å²) in [6, 6.07) is 66.4. The van der Waals surface area contributed by atoms with E-state index < -0.39 is 0 Å². The van der Waals surface area contributed by atoms with Gasteiger partial charge in [0.05, 0.1) is 0 Å². The van der Waals surface area contributed by atoms with Crippen LogP contribution in [0.4, 0.5) is 0 Å². The molecule has 0 spiro atoms. The Morgan fingerprint density at radius 3 is 1.95 bits per heavy atom. The number of nitrogens with zero attached hydrogens (tertiary/aromatic N) is 2. The van der Waals surface area contributed by atoms with Crippen molar-refractivity contribution in [3.05, 3.63) is 205 Å². The highest BCUT2D eigenvalue weighted by molar-refractivity contribution is 6.22. The Hall–Kier alpha value is -7.30. The van der Waals surface area contributed by atoms with E-state index in [2.05, 4.69) is 175 Å². The Morgan fingerprint density at radius 2 is 1.07 bits per heavy atom. The standard InChI is InChI=1S/C51H33N3O/c1-2-9-32(10-3-1)34-17-19-35(20-18-34)38-25-28-44-47(31-38)55-46-16-8-15-45(48(44)46)51-53-49(40-24-21-33-11-4-5-13-37(33)29-40)52-50(54-51)41-26-27-43-39(30-41)23-22-36-12-6-7-14-42(36)43/h1-31,50H,(H,52,53,54). The number of rotatable bonds is 5. The van der Waals surface area contributed by atoms with Gasteiger partial charge >= 0.3 is 0 Å². The van der Waals surface area contributed by atoms with E-state index in [0.717, 1.165) is 61.0 Å². The zero-order valence-electron chi connectivity index (χ0n) is 29.8. The van der Waals surface area contributed by atoms with Crippen molar-refractivity contribution in [1.82, 2.24) is 5.32 Å². The second kappa shape index (κ2) is 12.7. The first-order chi connectivity index (χ1) is 27.2. The summed E-state index contributed by atoms with van der Waals surface area (Å²) in [5.41, 5.74) is 9.32. The van der Waals surface area contributed by atoms with E-state index in [1.54, 1.807) is 0 Å². The smallest absolute Gasteiger partial charge is 0.159 e. The minimum absolute atomic E-state index is 0.358. The van der Waals surface area contributed by atoms with E-state index in [0.29, 0.717) is 5.84 Å². The molecule has 0 amide bonds. The molecule has 9 aromatic carbocycles. The lowest BCUT2D eigenvalue weighted by atomic mass is 9.98. The number of benzene rings is 9. The normalized spacial score (nSPS) is 14.4. The summed E-state index contributed by atoms with van der Waals surface area (Å²) in [5.74, 6) is 1.45. The second-order valence-corrected chi connectivity index (χ2v) is 14.2. The van der Waals surface area contributed by atoms with Crippen molar-refractivity contribution in [1.29, 1.82) is 0 Å². The molecule has 2 heterocycles. The van der Waals surface area contributed by atoms with Gasteiger partial charge in [0.1, 0.15) is 23.2 Å². The lowest BCUT2D eigenvalue weighted by molar-refractivity contribution is 0.668. The van der Waals surface area contributed by atoms with Gasteiger partial charge < -0.3 is 9.73 Å². The monoisotopic (exact) mass is 703 g/mol. The molecular formula is C51H33N3O. The van der Waals surface area contributed by atoms with Crippen LogP contribution in [-0.4, -0.2) is 11.7 Å². The lowest BCUT2D eigenvalue weighted by Crippen LogP contribution is -2.33. The SMILES string of the molecule is c1ccc(-c2ccc(-c3ccc4c(c3)oc3cccc(C5=NC(c6ccc7ccccc7c6)=NC(c6ccc7c(ccc8ccccc87)c6)N5)c34)cc2)cc1. The minimum Gasteiger partial charge on any atom is -0.456 e. The molecule has 1 unspecified atom stereocenters. The zero-order chi connectivity index (χ0) is 36.3. The Morgan fingerprint density at radius 1 is 0.418 bits per heavy atom. The van der Waals surface area contributed by atoms with E-state index in [4.69, 9.17) is 14.4 Å². The van der Waals surface area contributed by atoms with Gasteiger partial charge in [0.25, 0.3) is 0 Å². The van der Waals surface area contributed by atoms with Gasteiger partial charge in [0.2, 0.25) is 0 Å². The van der Waals surface area contributed by atoms with E-state index >= 15 is 0 Å². The summed E-state index contributed by atoms with van der Waals surface area (Å²) < 4.78 is 6.58. The zero-order valence-corrected chi connectivity index (χ0v) is 29.8. The average Bonchev–Trinajstić information content (AvgIpc) is 3.64. The first kappa shape index (κ1) is 31.2. The third kappa shape index (κ3) is 5.46. The topological polar surface area (TPSA) is 49.9 Å². The summed E-state index contributed by atoms with van der Waals surface area (Å²) in [7, 11) is 0. The molecule has 0 aliphatic carbocycles. The summed E-state index contributed by atoms with van der Waals surface area (Å²) in [4.78, 5) is 10.5. The van der Waals surface area contributed by atoms with Crippen LogP contribution < -0.4 is 5.32 Å². The predicted molar refractivity (Wildman–Crippen MR) is 229 cm³/mol. The van der Waals surface area contributed by atoms with Gasteiger partial charge in [-0.05, 0) is 90.5 Å². The van der Waals surface area contributed by atoms with Crippen molar-refractivity contribution >= 4 is 65.9 Å². The van der Waals surface area contributed by atoms with Gasteiger partial charge in [-0.15, -0.1) is 0 Å². The van der Waals surface area contributed by atoms with Crippen molar-refractivity contribution in [3.8, 4) is 22.3 Å². The molecule has 0 saturated carbocycles. The molecule has 1 atom stereocenters. The molecule has 1 aliphatic rings. The van der Waals surface area contributed by atoms with Gasteiger partial charge in [-0.3, -0.25) is 0 Å². The number of aliphatic imine (C=N–C) groups is 2. The fourth-order valence-electron chi connectivity index (χ4n) is 8.10. The van der Waals surface area contributed by atoms with Crippen LogP contribution in [0.3, 0.4) is 0 Å². The molecule has 0 radical (unpaired) electrons. The van der Waals surface area contributed by atoms with E-state index in [1.165, 1.54) is 38.1 Å². The molecule has 258 valence electrons. The Kier molecular flexibility index (Phi) is 7.20. The fourth-order valence-corrected chi connectivity index (χ4v) is 8.10. The first-order valence-corrected chi connectivity index (χ1v) is 18.7. The number of amidine groups is 2. The third-order valence-electron chi connectivity index (χ3n) is 10.9. The van der Waals surface area contributed by atoms with Crippen LogP contribution in [-0.2, 0) is 0 Å². The average molecular weight is 704 g/mol. The highest BCUT2D eigenvalue weighted by atomic mass is 16.3. The molecule has 1 N–H and O–H groups in total. The van der Waals surface area contributed by atoms with Crippen LogP contribution in [0, 0.1) is 0 Å². The molecule has 1 aliphatic heterocycles. The maximum Gasteiger partial charge on any atom is 0.159 e. The quantitative estimate of drug-likeness (QED) is 0.181. The van der Waals surface area contributed by atoms with Crippen LogP contribution in [0.25, 0.3) is 76.5 Å².